The Morgan fingerprint density at radius 3 is 1.41 bits per heavy atom. The van der Waals surface area contributed by atoms with E-state index in [1.165, 1.54) is 24.3 Å². The van der Waals surface area contributed by atoms with Gasteiger partial charge in [-0.25, -0.2) is 0 Å². The van der Waals surface area contributed by atoms with Gasteiger partial charge in [0.25, 0.3) is 11.4 Å². The number of carbonyl (C=O) groups is 1. The van der Waals surface area contributed by atoms with Crippen molar-refractivity contribution in [1.29, 1.82) is 0 Å². The molecule has 1 aliphatic rings. The van der Waals surface area contributed by atoms with Gasteiger partial charge in [0.15, 0.2) is 5.78 Å². The van der Waals surface area contributed by atoms with Crippen LogP contribution in [0.5, 0.6) is 0 Å². The number of benzene rings is 2. The normalized spacial score (nSPS) is 17.3. The Morgan fingerprint density at radius 2 is 1.07 bits per heavy atom. The molecule has 0 unspecified atom stereocenters. The second-order valence-electron chi connectivity index (χ2n) is 6.22. The number of Topliss-reactive ketones (excluding diaryl/α,β-unsaturated/α-hetero) is 1. The lowest BCUT2D eigenvalue weighted by atomic mass is 9.87. The number of non-ortho nitro benzene ring substituents is 2. The number of carbonyl (C=O) groups excluding carboxylic acids is 1. The van der Waals surface area contributed by atoms with Gasteiger partial charge in [-0.15, -0.1) is 0 Å². The average Bonchev–Trinajstić information content (AvgIpc) is 2.66. The summed E-state index contributed by atoms with van der Waals surface area (Å²) in [5.41, 5.74) is 2.80. The summed E-state index contributed by atoms with van der Waals surface area (Å²) in [5, 5.41) is 21.4. The lowest BCUT2D eigenvalue weighted by Gasteiger charge is -2.16. The van der Waals surface area contributed by atoms with E-state index in [0.717, 1.165) is 17.5 Å². The Labute approximate surface area is 154 Å². The van der Waals surface area contributed by atoms with Crippen LogP contribution in [0.2, 0.25) is 0 Å². The van der Waals surface area contributed by atoms with E-state index in [4.69, 9.17) is 0 Å². The first kappa shape index (κ1) is 18.2. The van der Waals surface area contributed by atoms with Crippen molar-refractivity contribution in [2.45, 2.75) is 19.3 Å². The number of nitro groups is 2. The van der Waals surface area contributed by atoms with Gasteiger partial charge >= 0.3 is 0 Å². The van der Waals surface area contributed by atoms with Gasteiger partial charge in [-0.1, -0.05) is 0 Å². The van der Waals surface area contributed by atoms with Crippen LogP contribution in [0.15, 0.2) is 59.7 Å². The molecule has 0 radical (unpaired) electrons. The number of ketones is 1. The summed E-state index contributed by atoms with van der Waals surface area (Å²) < 4.78 is 0. The first-order valence-corrected chi connectivity index (χ1v) is 8.39. The third kappa shape index (κ3) is 4.33. The van der Waals surface area contributed by atoms with Gasteiger partial charge in [-0.2, -0.15) is 0 Å². The van der Waals surface area contributed by atoms with Crippen LogP contribution in [-0.4, -0.2) is 15.6 Å². The molecule has 27 heavy (non-hydrogen) atoms. The van der Waals surface area contributed by atoms with Crippen molar-refractivity contribution in [2.24, 2.45) is 0 Å². The molecule has 1 fully saturated rings. The van der Waals surface area contributed by atoms with E-state index < -0.39 is 9.85 Å². The van der Waals surface area contributed by atoms with Crippen LogP contribution in [-0.2, 0) is 4.79 Å². The molecule has 1 aliphatic carbocycles. The molecular weight excluding hydrogens is 348 g/mol. The molecule has 0 N–H and O–H groups in total. The molecule has 0 spiro atoms. The lowest BCUT2D eigenvalue weighted by Crippen LogP contribution is -2.12. The molecule has 0 amide bonds. The number of hydrogen-bond donors (Lipinski definition) is 0. The molecular formula is C20H16N2O5. The van der Waals surface area contributed by atoms with Crippen LogP contribution < -0.4 is 0 Å². The van der Waals surface area contributed by atoms with E-state index in [1.807, 2.05) is 0 Å². The molecule has 0 atom stereocenters. The smallest absolute Gasteiger partial charge is 0.269 e. The van der Waals surface area contributed by atoms with Gasteiger partial charge in [0, 0.05) is 35.4 Å². The molecule has 1 saturated carbocycles. The van der Waals surface area contributed by atoms with Crippen LogP contribution >= 0.6 is 0 Å². The molecule has 2 aromatic rings. The summed E-state index contributed by atoms with van der Waals surface area (Å²) >= 11 is 0. The van der Waals surface area contributed by atoms with Crippen molar-refractivity contribution < 1.29 is 14.6 Å². The lowest BCUT2D eigenvalue weighted by molar-refractivity contribution is -0.385. The Balaban J connectivity index is 1.82. The molecule has 0 heterocycles. The highest BCUT2D eigenvalue weighted by atomic mass is 16.6. The fourth-order valence-corrected chi connectivity index (χ4v) is 2.96. The number of rotatable bonds is 4. The quantitative estimate of drug-likeness (QED) is 0.443. The SMILES string of the molecule is O=C1C(=Cc2ccc([N+](=O)[O-])cc2)CCCC1=Cc1ccc([N+](=O)[O-])cc1. The third-order valence-electron chi connectivity index (χ3n) is 4.37. The van der Waals surface area contributed by atoms with Crippen molar-refractivity contribution in [1.82, 2.24) is 0 Å². The first-order chi connectivity index (χ1) is 12.9. The van der Waals surface area contributed by atoms with E-state index in [0.29, 0.717) is 24.0 Å². The summed E-state index contributed by atoms with van der Waals surface area (Å²) in [7, 11) is 0. The van der Waals surface area contributed by atoms with Gasteiger partial charge in [-0.3, -0.25) is 25.0 Å². The Kier molecular flexibility index (Phi) is 5.21. The van der Waals surface area contributed by atoms with Gasteiger partial charge in [0.1, 0.15) is 0 Å². The molecule has 136 valence electrons. The second-order valence-corrected chi connectivity index (χ2v) is 6.22. The Morgan fingerprint density at radius 1 is 0.704 bits per heavy atom. The van der Waals surface area contributed by atoms with Crippen molar-refractivity contribution in [3.05, 3.63) is 91.0 Å². The van der Waals surface area contributed by atoms with E-state index in [-0.39, 0.29) is 17.2 Å². The van der Waals surface area contributed by atoms with Gasteiger partial charge in [0.2, 0.25) is 0 Å². The van der Waals surface area contributed by atoms with Crippen LogP contribution in [0.3, 0.4) is 0 Å². The highest BCUT2D eigenvalue weighted by Gasteiger charge is 2.20. The van der Waals surface area contributed by atoms with Crippen LogP contribution in [0.1, 0.15) is 30.4 Å². The molecule has 0 aromatic heterocycles. The zero-order valence-corrected chi connectivity index (χ0v) is 14.3. The molecule has 0 aliphatic heterocycles. The van der Waals surface area contributed by atoms with Gasteiger partial charge < -0.3 is 0 Å². The van der Waals surface area contributed by atoms with Gasteiger partial charge in [0.05, 0.1) is 9.85 Å². The highest BCUT2D eigenvalue weighted by molar-refractivity contribution is 6.13. The van der Waals surface area contributed by atoms with E-state index in [1.54, 1.807) is 36.4 Å². The van der Waals surface area contributed by atoms with Crippen molar-refractivity contribution >= 4 is 29.3 Å². The zero-order chi connectivity index (χ0) is 19.4. The van der Waals surface area contributed by atoms with Crippen molar-refractivity contribution in [3.63, 3.8) is 0 Å². The average molecular weight is 364 g/mol. The fraction of sp³-hybridized carbons (Fsp3) is 0.150. The molecule has 3 rings (SSSR count). The standard InChI is InChI=1S/C20H16N2O5/c23-20-16(12-14-4-8-18(9-5-14)21(24)25)2-1-3-17(20)13-15-6-10-19(11-7-15)22(26)27/h4-13H,1-3H2. The Bertz CT molecular complexity index is 879. The number of hydrogen-bond acceptors (Lipinski definition) is 5. The molecule has 0 bridgehead atoms. The minimum absolute atomic E-state index is 0.00544. The van der Waals surface area contributed by atoms with E-state index >= 15 is 0 Å². The molecule has 7 nitrogen and oxygen atoms in total. The van der Waals surface area contributed by atoms with E-state index in [2.05, 4.69) is 0 Å². The maximum Gasteiger partial charge on any atom is 0.269 e. The molecule has 7 heteroatoms. The minimum Gasteiger partial charge on any atom is -0.289 e. The fourth-order valence-electron chi connectivity index (χ4n) is 2.96. The first-order valence-electron chi connectivity index (χ1n) is 8.39. The van der Waals surface area contributed by atoms with E-state index in [9.17, 15) is 25.0 Å². The van der Waals surface area contributed by atoms with Crippen LogP contribution in [0, 0.1) is 20.2 Å². The summed E-state index contributed by atoms with van der Waals surface area (Å²) in [4.78, 5) is 33.2. The largest absolute Gasteiger partial charge is 0.289 e. The molecule has 2 aromatic carbocycles. The second kappa shape index (κ2) is 7.74. The highest BCUT2D eigenvalue weighted by Crippen LogP contribution is 2.28. The predicted octanol–water partition coefficient (Wildman–Crippen LogP) is 4.72. The predicted molar refractivity (Wildman–Crippen MR) is 101 cm³/mol. The van der Waals surface area contributed by atoms with Crippen LogP contribution in [0.4, 0.5) is 11.4 Å². The maximum absolute atomic E-state index is 12.7. The van der Waals surface area contributed by atoms with Crippen LogP contribution in [0.25, 0.3) is 12.2 Å². The summed E-state index contributed by atoms with van der Waals surface area (Å²) in [6.07, 6.45) is 5.63. The van der Waals surface area contributed by atoms with Crippen molar-refractivity contribution in [3.8, 4) is 0 Å². The summed E-state index contributed by atoms with van der Waals surface area (Å²) in [6, 6.07) is 12.1. The molecule has 0 saturated heterocycles. The van der Waals surface area contributed by atoms with Gasteiger partial charge in [-0.05, 0) is 66.8 Å². The Hall–Kier alpha value is -3.61. The number of nitrogens with zero attached hydrogens (tertiary/aromatic N) is 2. The summed E-state index contributed by atoms with van der Waals surface area (Å²) in [5.74, 6) is -0.0574. The third-order valence-corrected chi connectivity index (χ3v) is 4.37. The van der Waals surface area contributed by atoms with Crippen molar-refractivity contribution in [2.75, 3.05) is 0 Å². The minimum atomic E-state index is -0.465. The topological polar surface area (TPSA) is 103 Å². The maximum atomic E-state index is 12.7. The zero-order valence-electron chi connectivity index (χ0n) is 14.3. The summed E-state index contributed by atoms with van der Waals surface area (Å²) in [6.45, 7) is 0. The number of nitro benzene ring substituents is 2. The number of allylic oxidation sites excluding steroid dienone is 2. The monoisotopic (exact) mass is 364 g/mol.